The van der Waals surface area contributed by atoms with Gasteiger partial charge in [0.2, 0.25) is 0 Å². The molecular formula is C68H114O6. The molecule has 0 aromatic rings. The van der Waals surface area contributed by atoms with Gasteiger partial charge in [-0.25, -0.2) is 0 Å². The van der Waals surface area contributed by atoms with Gasteiger partial charge in [0.1, 0.15) is 13.2 Å². The molecule has 0 saturated carbocycles. The van der Waals surface area contributed by atoms with E-state index in [1.807, 2.05) is 0 Å². The second-order valence-electron chi connectivity index (χ2n) is 20.2. The molecule has 6 nitrogen and oxygen atoms in total. The van der Waals surface area contributed by atoms with E-state index < -0.39 is 6.10 Å². The lowest BCUT2D eigenvalue weighted by molar-refractivity contribution is -0.167. The third-order valence-corrected chi connectivity index (χ3v) is 13.0. The average Bonchev–Trinajstić information content (AvgIpc) is 3.40. The minimum absolute atomic E-state index is 0.0867. The maximum atomic E-state index is 12.9. The number of rotatable bonds is 55. The number of ether oxygens (including phenoxy) is 3. The summed E-state index contributed by atoms with van der Waals surface area (Å²) in [6, 6.07) is 0. The molecule has 0 spiro atoms. The molecule has 1 atom stereocenters. The smallest absolute Gasteiger partial charge is 0.306 e. The Morgan fingerprint density at radius 3 is 0.838 bits per heavy atom. The van der Waals surface area contributed by atoms with E-state index in [9.17, 15) is 14.4 Å². The van der Waals surface area contributed by atoms with Crippen LogP contribution in [-0.2, 0) is 28.6 Å². The van der Waals surface area contributed by atoms with Crippen molar-refractivity contribution in [3.8, 4) is 0 Å². The van der Waals surface area contributed by atoms with E-state index in [0.717, 1.165) is 122 Å². The standard InChI is InChI=1S/C68H114O6/c1-4-7-10-13-16-19-22-25-27-29-31-33-34-36-37-39-41-43-46-49-52-55-58-61-67(70)73-64-65(63-72-66(69)60-57-54-51-48-45-24-21-18-15-12-9-6-3)74-68(71)62-59-56-53-50-47-44-42-40-38-35-32-30-28-26-23-20-17-14-11-8-5-2/h7-8,10-11,16-21,25-28,31-33,35,65H,4-6,9,12-15,22-24,29-30,34,36-64H2,1-3H3/b10-7-,11-8-,19-16-,20-17-,21-18-,27-25-,28-26-,33-31-,35-32-. The Morgan fingerprint density at radius 2 is 0.527 bits per heavy atom. The van der Waals surface area contributed by atoms with Crippen LogP contribution in [0, 0.1) is 0 Å². The molecule has 0 aromatic carbocycles. The van der Waals surface area contributed by atoms with Crippen molar-refractivity contribution in [2.24, 2.45) is 0 Å². The number of hydrogen-bond acceptors (Lipinski definition) is 6. The Kier molecular flexibility index (Phi) is 58.3. The van der Waals surface area contributed by atoms with Crippen molar-refractivity contribution in [2.45, 2.75) is 290 Å². The molecule has 0 aliphatic heterocycles. The summed E-state index contributed by atoms with van der Waals surface area (Å²) in [5.41, 5.74) is 0. The van der Waals surface area contributed by atoms with E-state index in [1.54, 1.807) is 0 Å². The lowest BCUT2D eigenvalue weighted by Gasteiger charge is -2.18. The Balaban J connectivity index is 4.35. The second kappa shape index (κ2) is 61.6. The van der Waals surface area contributed by atoms with Crippen LogP contribution in [0.2, 0.25) is 0 Å². The fourth-order valence-corrected chi connectivity index (χ4v) is 8.42. The third kappa shape index (κ3) is 59.0. The Hall–Kier alpha value is -3.93. The summed E-state index contributed by atoms with van der Waals surface area (Å²) in [6.07, 6.45) is 83.7. The molecule has 0 aliphatic carbocycles. The Morgan fingerprint density at radius 1 is 0.284 bits per heavy atom. The van der Waals surface area contributed by atoms with Crippen molar-refractivity contribution < 1.29 is 28.6 Å². The molecule has 0 radical (unpaired) electrons. The van der Waals surface area contributed by atoms with Crippen LogP contribution in [-0.4, -0.2) is 37.2 Å². The maximum absolute atomic E-state index is 12.9. The summed E-state index contributed by atoms with van der Waals surface area (Å²) in [5, 5.41) is 0. The van der Waals surface area contributed by atoms with Gasteiger partial charge >= 0.3 is 17.9 Å². The maximum Gasteiger partial charge on any atom is 0.306 e. The van der Waals surface area contributed by atoms with E-state index in [0.29, 0.717) is 19.3 Å². The van der Waals surface area contributed by atoms with Crippen LogP contribution in [0.15, 0.2) is 109 Å². The highest BCUT2D eigenvalue weighted by Crippen LogP contribution is 2.15. The monoisotopic (exact) mass is 1030 g/mol. The summed E-state index contributed by atoms with van der Waals surface area (Å²) in [5.74, 6) is -0.903. The molecule has 0 amide bonds. The summed E-state index contributed by atoms with van der Waals surface area (Å²) < 4.78 is 16.9. The predicted octanol–water partition coefficient (Wildman–Crippen LogP) is 21.0. The predicted molar refractivity (Wildman–Crippen MR) is 320 cm³/mol. The molecule has 0 rings (SSSR count). The topological polar surface area (TPSA) is 78.9 Å². The molecule has 0 heterocycles. The molecule has 0 N–H and O–H groups in total. The van der Waals surface area contributed by atoms with Gasteiger partial charge in [-0.15, -0.1) is 0 Å². The quantitative estimate of drug-likeness (QED) is 0.0261. The van der Waals surface area contributed by atoms with Crippen LogP contribution < -0.4 is 0 Å². The van der Waals surface area contributed by atoms with Crippen LogP contribution in [0.3, 0.4) is 0 Å². The summed E-state index contributed by atoms with van der Waals surface area (Å²) >= 11 is 0. The van der Waals surface area contributed by atoms with E-state index in [-0.39, 0.29) is 31.1 Å². The van der Waals surface area contributed by atoms with E-state index in [4.69, 9.17) is 14.2 Å². The molecule has 0 fully saturated rings. The van der Waals surface area contributed by atoms with Gasteiger partial charge in [-0.3, -0.25) is 14.4 Å². The van der Waals surface area contributed by atoms with Gasteiger partial charge < -0.3 is 14.2 Å². The van der Waals surface area contributed by atoms with Crippen LogP contribution in [0.1, 0.15) is 284 Å². The largest absolute Gasteiger partial charge is 0.462 e. The van der Waals surface area contributed by atoms with Crippen molar-refractivity contribution in [3.63, 3.8) is 0 Å². The summed E-state index contributed by atoms with van der Waals surface area (Å²) in [4.78, 5) is 38.3. The van der Waals surface area contributed by atoms with Gasteiger partial charge in [-0.2, -0.15) is 0 Å². The molecule has 0 saturated heterocycles. The first-order valence-electron chi connectivity index (χ1n) is 30.9. The van der Waals surface area contributed by atoms with Crippen LogP contribution >= 0.6 is 0 Å². The number of carbonyl (C=O) groups is 3. The van der Waals surface area contributed by atoms with Gasteiger partial charge in [0, 0.05) is 19.3 Å². The molecule has 0 aliphatic rings. The molecular weight excluding hydrogens is 913 g/mol. The Bertz CT molecular complexity index is 1510. The van der Waals surface area contributed by atoms with E-state index >= 15 is 0 Å². The van der Waals surface area contributed by atoms with Crippen molar-refractivity contribution in [2.75, 3.05) is 13.2 Å². The lowest BCUT2D eigenvalue weighted by Crippen LogP contribution is -2.30. The second-order valence-corrected chi connectivity index (χ2v) is 20.2. The normalized spacial score (nSPS) is 12.9. The number of carbonyl (C=O) groups excluding carboxylic acids is 3. The number of unbranched alkanes of at least 4 members (excludes halogenated alkanes) is 26. The van der Waals surface area contributed by atoms with Crippen LogP contribution in [0.25, 0.3) is 0 Å². The van der Waals surface area contributed by atoms with E-state index in [1.165, 1.54) is 122 Å². The molecule has 74 heavy (non-hydrogen) atoms. The fraction of sp³-hybridized carbons (Fsp3) is 0.691. The highest BCUT2D eigenvalue weighted by Gasteiger charge is 2.19. The minimum atomic E-state index is -0.790. The minimum Gasteiger partial charge on any atom is -0.462 e. The highest BCUT2D eigenvalue weighted by molar-refractivity contribution is 5.71. The SMILES string of the molecule is CC/C=C\C/C=C\C/C=C\C/C=C\CCCCCCCCCCCCC(=O)OCC(COC(=O)CCCCCCC/C=C\CCCCC)OC(=O)CCCCCCCCCC/C=C\C/C=C\C/C=C\C/C=C\CC. The average molecular weight is 1030 g/mol. The molecule has 0 aromatic heterocycles. The Labute approximate surface area is 457 Å². The number of esters is 3. The number of hydrogen-bond donors (Lipinski definition) is 0. The third-order valence-electron chi connectivity index (χ3n) is 13.0. The first-order valence-corrected chi connectivity index (χ1v) is 30.9. The molecule has 0 bridgehead atoms. The fourth-order valence-electron chi connectivity index (χ4n) is 8.42. The van der Waals surface area contributed by atoms with Gasteiger partial charge in [0.15, 0.2) is 6.10 Å². The molecule has 1 unspecified atom stereocenters. The van der Waals surface area contributed by atoms with Crippen molar-refractivity contribution in [3.05, 3.63) is 109 Å². The molecule has 6 heteroatoms. The number of allylic oxidation sites excluding steroid dienone is 18. The van der Waals surface area contributed by atoms with Crippen molar-refractivity contribution in [1.29, 1.82) is 0 Å². The highest BCUT2D eigenvalue weighted by atomic mass is 16.6. The summed E-state index contributed by atoms with van der Waals surface area (Å²) in [6.45, 7) is 6.39. The van der Waals surface area contributed by atoms with Gasteiger partial charge in [0.05, 0.1) is 0 Å². The zero-order valence-corrected chi connectivity index (χ0v) is 48.3. The van der Waals surface area contributed by atoms with E-state index in [2.05, 4.69) is 130 Å². The summed E-state index contributed by atoms with van der Waals surface area (Å²) in [7, 11) is 0. The first kappa shape index (κ1) is 70.1. The van der Waals surface area contributed by atoms with Gasteiger partial charge in [0.25, 0.3) is 0 Å². The van der Waals surface area contributed by atoms with Crippen molar-refractivity contribution in [1.82, 2.24) is 0 Å². The van der Waals surface area contributed by atoms with Crippen LogP contribution in [0.4, 0.5) is 0 Å². The van der Waals surface area contributed by atoms with Gasteiger partial charge in [-0.05, 0) is 122 Å². The first-order chi connectivity index (χ1) is 36.5. The lowest BCUT2D eigenvalue weighted by atomic mass is 10.1. The van der Waals surface area contributed by atoms with Crippen molar-refractivity contribution >= 4 is 17.9 Å². The molecule has 422 valence electrons. The zero-order valence-electron chi connectivity index (χ0n) is 48.3. The zero-order chi connectivity index (χ0) is 53.6. The van der Waals surface area contributed by atoms with Crippen LogP contribution in [0.5, 0.6) is 0 Å². The van der Waals surface area contributed by atoms with Gasteiger partial charge in [-0.1, -0.05) is 252 Å².